The summed E-state index contributed by atoms with van der Waals surface area (Å²) in [6.45, 7) is 2.15. The normalized spacial score (nSPS) is 35.3. The molecule has 0 amide bonds. The van der Waals surface area contributed by atoms with Crippen molar-refractivity contribution in [1.29, 1.82) is 0 Å². The van der Waals surface area contributed by atoms with Crippen LogP contribution in [-0.4, -0.2) is 0 Å². The van der Waals surface area contributed by atoms with E-state index in [4.69, 9.17) is 5.73 Å². The van der Waals surface area contributed by atoms with Crippen LogP contribution in [0.25, 0.3) is 0 Å². The first-order valence-electron chi connectivity index (χ1n) is 5.70. The summed E-state index contributed by atoms with van der Waals surface area (Å²) in [5.74, 6) is 2.71. The van der Waals surface area contributed by atoms with Crippen LogP contribution in [0.2, 0.25) is 0 Å². The van der Waals surface area contributed by atoms with Crippen LogP contribution < -0.4 is 5.73 Å². The molecule has 1 aromatic rings. The maximum Gasteiger partial charge on any atom is 0.0424 e. The molecule has 3 rings (SSSR count). The SMILES string of the molecule is Cc1sc(C(N)C2C3CCCC32)cc1Br. The minimum absolute atomic E-state index is 0.301. The van der Waals surface area contributed by atoms with Crippen LogP contribution in [0, 0.1) is 24.7 Å². The van der Waals surface area contributed by atoms with Gasteiger partial charge in [0.25, 0.3) is 0 Å². The second-order valence-corrected chi connectivity index (χ2v) is 7.06. The summed E-state index contributed by atoms with van der Waals surface area (Å²) in [4.78, 5) is 2.73. The standard InChI is InChI=1S/C12H16BrNS/c1-6-9(13)5-10(15-6)12(14)11-7-3-2-4-8(7)11/h5,7-8,11-12H,2-4,14H2,1H3. The van der Waals surface area contributed by atoms with E-state index in [9.17, 15) is 0 Å². The first kappa shape index (κ1) is 10.3. The minimum Gasteiger partial charge on any atom is -0.323 e. The van der Waals surface area contributed by atoms with Gasteiger partial charge in [-0.25, -0.2) is 0 Å². The van der Waals surface area contributed by atoms with Gasteiger partial charge in [-0.2, -0.15) is 0 Å². The number of rotatable bonds is 2. The van der Waals surface area contributed by atoms with E-state index in [1.54, 1.807) is 0 Å². The Labute approximate surface area is 103 Å². The molecule has 1 heterocycles. The molecule has 15 heavy (non-hydrogen) atoms. The second-order valence-electron chi connectivity index (χ2n) is 4.91. The largest absolute Gasteiger partial charge is 0.323 e. The summed E-state index contributed by atoms with van der Waals surface area (Å²) in [6.07, 6.45) is 4.29. The number of thiophene rings is 1. The molecule has 2 N–H and O–H groups in total. The quantitative estimate of drug-likeness (QED) is 0.877. The summed E-state index contributed by atoms with van der Waals surface area (Å²) in [7, 11) is 0. The number of nitrogens with two attached hydrogens (primary N) is 1. The van der Waals surface area contributed by atoms with E-state index >= 15 is 0 Å². The smallest absolute Gasteiger partial charge is 0.0424 e. The Bertz CT molecular complexity index is 357. The predicted octanol–water partition coefficient (Wildman–Crippen LogP) is 3.86. The van der Waals surface area contributed by atoms with Gasteiger partial charge >= 0.3 is 0 Å². The zero-order chi connectivity index (χ0) is 10.6. The van der Waals surface area contributed by atoms with Gasteiger partial charge in [0.2, 0.25) is 0 Å². The highest BCUT2D eigenvalue weighted by molar-refractivity contribution is 9.10. The van der Waals surface area contributed by atoms with Crippen LogP contribution in [0.15, 0.2) is 10.5 Å². The molecule has 2 aliphatic carbocycles. The maximum atomic E-state index is 6.36. The van der Waals surface area contributed by atoms with Crippen LogP contribution in [-0.2, 0) is 0 Å². The molecule has 0 saturated heterocycles. The first-order valence-corrected chi connectivity index (χ1v) is 7.31. The molecule has 3 unspecified atom stereocenters. The number of aryl methyl sites for hydroxylation is 1. The Morgan fingerprint density at radius 3 is 2.67 bits per heavy atom. The summed E-state index contributed by atoms with van der Waals surface area (Å²) >= 11 is 5.43. The lowest BCUT2D eigenvalue weighted by atomic mass is 10.0. The highest BCUT2D eigenvalue weighted by Gasteiger charge is 2.55. The minimum atomic E-state index is 0.301. The molecule has 2 fully saturated rings. The summed E-state index contributed by atoms with van der Waals surface area (Å²) in [6, 6.07) is 2.52. The fourth-order valence-corrected chi connectivity index (χ4v) is 4.87. The summed E-state index contributed by atoms with van der Waals surface area (Å²) in [5.41, 5.74) is 6.36. The average Bonchev–Trinajstić information content (AvgIpc) is 2.59. The molecule has 82 valence electrons. The monoisotopic (exact) mass is 285 g/mol. The molecule has 0 bridgehead atoms. The van der Waals surface area contributed by atoms with Gasteiger partial charge in [-0.3, -0.25) is 0 Å². The molecule has 2 saturated carbocycles. The molecule has 1 nitrogen and oxygen atoms in total. The van der Waals surface area contributed by atoms with Crippen LogP contribution >= 0.6 is 27.3 Å². The van der Waals surface area contributed by atoms with Gasteiger partial charge in [0.05, 0.1) is 0 Å². The molecule has 3 atom stereocenters. The van der Waals surface area contributed by atoms with Crippen LogP contribution in [0.3, 0.4) is 0 Å². The van der Waals surface area contributed by atoms with Crippen molar-refractivity contribution >= 4 is 27.3 Å². The van der Waals surface area contributed by atoms with E-state index in [-0.39, 0.29) is 0 Å². The van der Waals surface area contributed by atoms with E-state index < -0.39 is 0 Å². The third-order valence-electron chi connectivity index (χ3n) is 4.09. The van der Waals surface area contributed by atoms with Crippen molar-refractivity contribution in [3.63, 3.8) is 0 Å². The van der Waals surface area contributed by atoms with Crippen molar-refractivity contribution < 1.29 is 0 Å². The average molecular weight is 286 g/mol. The lowest BCUT2D eigenvalue weighted by molar-refractivity contribution is 0.507. The predicted molar refractivity (Wildman–Crippen MR) is 68.0 cm³/mol. The first-order chi connectivity index (χ1) is 7.18. The third kappa shape index (κ3) is 1.60. The van der Waals surface area contributed by atoms with Crippen molar-refractivity contribution in [2.45, 2.75) is 32.2 Å². The van der Waals surface area contributed by atoms with Crippen LogP contribution in [0.4, 0.5) is 0 Å². The molecule has 0 spiro atoms. The number of fused-ring (bicyclic) bond motifs is 1. The molecule has 0 radical (unpaired) electrons. The Morgan fingerprint density at radius 1 is 1.47 bits per heavy atom. The highest BCUT2D eigenvalue weighted by atomic mass is 79.9. The highest BCUT2D eigenvalue weighted by Crippen LogP contribution is 2.62. The van der Waals surface area contributed by atoms with Crippen molar-refractivity contribution in [2.75, 3.05) is 0 Å². The van der Waals surface area contributed by atoms with E-state index in [2.05, 4.69) is 28.9 Å². The Hall–Kier alpha value is 0.140. The van der Waals surface area contributed by atoms with E-state index in [0.29, 0.717) is 6.04 Å². The van der Waals surface area contributed by atoms with Gasteiger partial charge in [0.1, 0.15) is 0 Å². The van der Waals surface area contributed by atoms with Gasteiger partial charge in [-0.1, -0.05) is 6.42 Å². The molecule has 1 aromatic heterocycles. The molecular weight excluding hydrogens is 270 g/mol. The van der Waals surface area contributed by atoms with Gasteiger partial charge in [-0.15, -0.1) is 11.3 Å². The van der Waals surface area contributed by atoms with Gasteiger partial charge in [0.15, 0.2) is 0 Å². The van der Waals surface area contributed by atoms with Crippen LogP contribution in [0.5, 0.6) is 0 Å². The Morgan fingerprint density at radius 2 is 2.13 bits per heavy atom. The van der Waals surface area contributed by atoms with Gasteiger partial charge < -0.3 is 5.73 Å². The topological polar surface area (TPSA) is 26.0 Å². The van der Waals surface area contributed by atoms with E-state index in [0.717, 1.165) is 17.8 Å². The zero-order valence-corrected chi connectivity index (χ0v) is 11.3. The van der Waals surface area contributed by atoms with Crippen LogP contribution in [0.1, 0.15) is 35.1 Å². The number of hydrogen-bond donors (Lipinski definition) is 1. The van der Waals surface area contributed by atoms with Crippen molar-refractivity contribution in [3.05, 3.63) is 20.3 Å². The number of hydrogen-bond acceptors (Lipinski definition) is 2. The van der Waals surface area contributed by atoms with Gasteiger partial charge in [0, 0.05) is 20.3 Å². The summed E-state index contributed by atoms with van der Waals surface area (Å²) < 4.78 is 1.23. The van der Waals surface area contributed by atoms with Gasteiger partial charge in [-0.05, 0) is 59.5 Å². The van der Waals surface area contributed by atoms with Crippen molar-refractivity contribution in [3.8, 4) is 0 Å². The lowest BCUT2D eigenvalue weighted by Crippen LogP contribution is -2.13. The van der Waals surface area contributed by atoms with E-state index in [1.807, 2.05) is 11.3 Å². The molecule has 3 heteroatoms. The molecule has 2 aliphatic rings. The summed E-state index contributed by atoms with van der Waals surface area (Å²) in [5, 5.41) is 0. The van der Waals surface area contributed by atoms with E-state index in [1.165, 1.54) is 33.5 Å². The fraction of sp³-hybridized carbons (Fsp3) is 0.667. The van der Waals surface area contributed by atoms with Crippen molar-refractivity contribution in [2.24, 2.45) is 23.5 Å². The Kier molecular flexibility index (Phi) is 2.45. The third-order valence-corrected chi connectivity index (χ3v) is 6.33. The fourth-order valence-electron chi connectivity index (χ4n) is 3.25. The number of halogens is 1. The second kappa shape index (κ2) is 3.57. The zero-order valence-electron chi connectivity index (χ0n) is 8.87. The van der Waals surface area contributed by atoms with Crippen molar-refractivity contribution in [1.82, 2.24) is 0 Å². The molecule has 0 aliphatic heterocycles. The Balaban J connectivity index is 1.77. The molecular formula is C12H16BrNS. The maximum absolute atomic E-state index is 6.36. The molecule has 0 aromatic carbocycles. The lowest BCUT2D eigenvalue weighted by Gasteiger charge is -2.11.